The van der Waals surface area contributed by atoms with E-state index in [9.17, 15) is 4.79 Å². The van der Waals surface area contributed by atoms with Crippen molar-refractivity contribution in [1.29, 1.82) is 0 Å². The third-order valence-electron chi connectivity index (χ3n) is 2.96. The van der Waals surface area contributed by atoms with Gasteiger partial charge in [-0.1, -0.05) is 30.3 Å². The van der Waals surface area contributed by atoms with Crippen LogP contribution in [0, 0.1) is 0 Å². The van der Waals surface area contributed by atoms with Crippen LogP contribution in [0.2, 0.25) is 0 Å². The Bertz CT molecular complexity index is 784. The summed E-state index contributed by atoms with van der Waals surface area (Å²) in [5.41, 5.74) is 2.36. The number of hydrogen-bond donors (Lipinski definition) is 1. The average Bonchev–Trinajstić information content (AvgIpc) is 2.76. The number of aromatic nitrogens is 3. The van der Waals surface area contributed by atoms with Crippen LogP contribution in [0.3, 0.4) is 0 Å². The normalized spacial score (nSPS) is 10.8. The number of fused-ring (bicyclic) bond motifs is 1. The van der Waals surface area contributed by atoms with Crippen molar-refractivity contribution < 1.29 is 9.90 Å². The Morgan fingerprint density at radius 3 is 2.70 bits per heavy atom. The van der Waals surface area contributed by atoms with Crippen molar-refractivity contribution in [2.45, 2.75) is 6.54 Å². The topological polar surface area (TPSA) is 68.0 Å². The molecular formula is C14H10BrN3O2. The van der Waals surface area contributed by atoms with Crippen molar-refractivity contribution >= 4 is 32.9 Å². The summed E-state index contributed by atoms with van der Waals surface area (Å²) in [6, 6.07) is 9.73. The van der Waals surface area contributed by atoms with Crippen LogP contribution in [0.5, 0.6) is 0 Å². The van der Waals surface area contributed by atoms with Crippen LogP contribution in [0.25, 0.3) is 22.3 Å². The number of carboxylic acids is 1. The van der Waals surface area contributed by atoms with Gasteiger partial charge in [-0.2, -0.15) is 0 Å². The third kappa shape index (κ3) is 2.18. The molecule has 0 aliphatic rings. The summed E-state index contributed by atoms with van der Waals surface area (Å²) < 4.78 is 2.38. The van der Waals surface area contributed by atoms with Gasteiger partial charge in [0.25, 0.3) is 0 Å². The molecule has 6 heteroatoms. The molecule has 2 heterocycles. The van der Waals surface area contributed by atoms with Crippen LogP contribution in [0.15, 0.2) is 47.3 Å². The van der Waals surface area contributed by atoms with E-state index < -0.39 is 5.97 Å². The van der Waals surface area contributed by atoms with Gasteiger partial charge in [0.05, 0.1) is 11.1 Å². The van der Waals surface area contributed by atoms with E-state index in [0.717, 1.165) is 21.1 Å². The van der Waals surface area contributed by atoms with E-state index in [1.165, 1.54) is 6.33 Å². The maximum absolute atomic E-state index is 10.9. The molecule has 0 radical (unpaired) electrons. The van der Waals surface area contributed by atoms with Gasteiger partial charge in [0, 0.05) is 16.2 Å². The SMILES string of the molecule is O=C(O)Cn1cc(Br)c2c(-c3ccccc3)ncnc21. The van der Waals surface area contributed by atoms with E-state index in [1.54, 1.807) is 10.8 Å². The zero-order valence-corrected chi connectivity index (χ0v) is 11.9. The number of nitrogens with zero attached hydrogens (tertiary/aromatic N) is 3. The quantitative estimate of drug-likeness (QED) is 0.801. The first kappa shape index (κ1) is 12.8. The first-order chi connectivity index (χ1) is 9.66. The minimum Gasteiger partial charge on any atom is -0.480 e. The molecule has 0 saturated heterocycles. The Morgan fingerprint density at radius 2 is 2.00 bits per heavy atom. The fourth-order valence-electron chi connectivity index (χ4n) is 2.16. The summed E-state index contributed by atoms with van der Waals surface area (Å²) in [6.45, 7) is -0.132. The van der Waals surface area contributed by atoms with E-state index in [0.29, 0.717) is 5.65 Å². The minimum absolute atomic E-state index is 0.132. The Hall–Kier alpha value is -2.21. The van der Waals surface area contributed by atoms with Crippen molar-refractivity contribution in [1.82, 2.24) is 14.5 Å². The zero-order chi connectivity index (χ0) is 14.1. The second kappa shape index (κ2) is 5.05. The van der Waals surface area contributed by atoms with Gasteiger partial charge in [-0.25, -0.2) is 9.97 Å². The summed E-state index contributed by atoms with van der Waals surface area (Å²) in [5.74, 6) is -0.908. The van der Waals surface area contributed by atoms with Crippen LogP contribution in [0.4, 0.5) is 0 Å². The second-order valence-electron chi connectivity index (χ2n) is 4.29. The summed E-state index contributed by atoms with van der Waals surface area (Å²) in [5, 5.41) is 9.76. The minimum atomic E-state index is -0.908. The summed E-state index contributed by atoms with van der Waals surface area (Å²) in [7, 11) is 0. The maximum Gasteiger partial charge on any atom is 0.323 e. The fourth-order valence-corrected chi connectivity index (χ4v) is 2.77. The van der Waals surface area contributed by atoms with Crippen molar-refractivity contribution in [3.63, 3.8) is 0 Å². The zero-order valence-electron chi connectivity index (χ0n) is 10.3. The summed E-state index contributed by atoms with van der Waals surface area (Å²) in [6.07, 6.45) is 3.18. The van der Waals surface area contributed by atoms with E-state index in [2.05, 4.69) is 25.9 Å². The maximum atomic E-state index is 10.9. The molecule has 0 bridgehead atoms. The number of halogens is 1. The molecule has 0 unspecified atom stereocenters. The van der Waals surface area contributed by atoms with Crippen LogP contribution >= 0.6 is 15.9 Å². The summed E-state index contributed by atoms with van der Waals surface area (Å²) >= 11 is 3.46. The number of aliphatic carboxylic acids is 1. The first-order valence-corrected chi connectivity index (χ1v) is 6.72. The second-order valence-corrected chi connectivity index (χ2v) is 5.14. The van der Waals surface area contributed by atoms with Gasteiger partial charge in [0.2, 0.25) is 0 Å². The highest BCUT2D eigenvalue weighted by atomic mass is 79.9. The predicted octanol–water partition coefficient (Wildman–Crippen LogP) is 2.95. The number of benzene rings is 1. The van der Waals surface area contributed by atoms with Gasteiger partial charge in [-0.3, -0.25) is 4.79 Å². The van der Waals surface area contributed by atoms with Crippen LogP contribution in [0.1, 0.15) is 0 Å². The van der Waals surface area contributed by atoms with E-state index >= 15 is 0 Å². The predicted molar refractivity (Wildman–Crippen MR) is 78.3 cm³/mol. The van der Waals surface area contributed by atoms with Gasteiger partial charge < -0.3 is 9.67 Å². The fraction of sp³-hybridized carbons (Fsp3) is 0.0714. The van der Waals surface area contributed by atoms with Gasteiger partial charge in [-0.05, 0) is 15.9 Å². The van der Waals surface area contributed by atoms with Crippen LogP contribution in [-0.2, 0) is 11.3 Å². The van der Waals surface area contributed by atoms with E-state index in [-0.39, 0.29) is 6.54 Å². The van der Waals surface area contributed by atoms with E-state index in [4.69, 9.17) is 5.11 Å². The molecule has 1 N–H and O–H groups in total. The Morgan fingerprint density at radius 1 is 1.25 bits per heavy atom. The highest BCUT2D eigenvalue weighted by Gasteiger charge is 2.15. The molecule has 0 saturated carbocycles. The van der Waals surface area contributed by atoms with Crippen molar-refractivity contribution in [2.75, 3.05) is 0 Å². The van der Waals surface area contributed by atoms with Gasteiger partial charge >= 0.3 is 5.97 Å². The van der Waals surface area contributed by atoms with Crippen LogP contribution in [-0.4, -0.2) is 25.6 Å². The Labute approximate surface area is 123 Å². The Kier molecular flexibility index (Phi) is 3.23. The van der Waals surface area contributed by atoms with Gasteiger partial charge in [-0.15, -0.1) is 0 Å². The number of carbonyl (C=O) groups is 1. The lowest BCUT2D eigenvalue weighted by atomic mass is 10.1. The van der Waals surface area contributed by atoms with Crippen molar-refractivity contribution in [2.24, 2.45) is 0 Å². The molecule has 2 aromatic heterocycles. The number of hydrogen-bond acceptors (Lipinski definition) is 3. The summed E-state index contributed by atoms with van der Waals surface area (Å²) in [4.78, 5) is 19.4. The van der Waals surface area contributed by atoms with Crippen molar-refractivity contribution in [3.8, 4) is 11.3 Å². The standard InChI is InChI=1S/C14H10BrN3O2/c15-10-6-18(7-11(19)20)14-12(10)13(16-8-17-14)9-4-2-1-3-5-9/h1-6,8H,7H2,(H,19,20). The first-order valence-electron chi connectivity index (χ1n) is 5.93. The molecule has 0 amide bonds. The molecule has 100 valence electrons. The molecule has 0 atom stereocenters. The average molecular weight is 332 g/mol. The number of rotatable bonds is 3. The van der Waals surface area contributed by atoms with E-state index in [1.807, 2.05) is 30.3 Å². The molecule has 0 aliphatic heterocycles. The third-order valence-corrected chi connectivity index (χ3v) is 3.56. The monoisotopic (exact) mass is 331 g/mol. The smallest absolute Gasteiger partial charge is 0.323 e. The molecule has 1 aromatic carbocycles. The molecule has 3 rings (SSSR count). The molecule has 0 fully saturated rings. The molecule has 3 aromatic rings. The Balaban J connectivity index is 2.25. The molecule has 0 spiro atoms. The van der Waals surface area contributed by atoms with Crippen molar-refractivity contribution in [3.05, 3.63) is 47.3 Å². The van der Waals surface area contributed by atoms with Crippen LogP contribution < -0.4 is 0 Å². The highest BCUT2D eigenvalue weighted by molar-refractivity contribution is 9.10. The lowest BCUT2D eigenvalue weighted by molar-refractivity contribution is -0.137. The lowest BCUT2D eigenvalue weighted by Crippen LogP contribution is -2.08. The molecular weight excluding hydrogens is 322 g/mol. The largest absolute Gasteiger partial charge is 0.480 e. The highest BCUT2D eigenvalue weighted by Crippen LogP contribution is 2.32. The van der Waals surface area contributed by atoms with Gasteiger partial charge in [0.1, 0.15) is 18.5 Å². The molecule has 0 aliphatic carbocycles. The lowest BCUT2D eigenvalue weighted by Gasteiger charge is -2.04. The molecule has 5 nitrogen and oxygen atoms in total. The van der Waals surface area contributed by atoms with Gasteiger partial charge in [0.15, 0.2) is 0 Å². The number of carboxylic acid groups (broad SMARTS) is 1. The molecule has 20 heavy (non-hydrogen) atoms.